The van der Waals surface area contributed by atoms with Crippen LogP contribution in [-0.2, 0) is 17.8 Å². The minimum atomic E-state index is -0.411. The van der Waals surface area contributed by atoms with Gasteiger partial charge in [0.15, 0.2) is 5.78 Å². The fourth-order valence-electron chi connectivity index (χ4n) is 3.00. The molecular formula is C21H19Br2NO3. The third kappa shape index (κ3) is 4.50. The molecule has 6 heteroatoms. The predicted molar refractivity (Wildman–Crippen MR) is 114 cm³/mol. The Labute approximate surface area is 174 Å². The number of alkyl halides is 2. The zero-order valence-electron chi connectivity index (χ0n) is 15.0. The molecule has 0 aliphatic heterocycles. The van der Waals surface area contributed by atoms with Gasteiger partial charge in [-0.1, -0.05) is 62.2 Å². The van der Waals surface area contributed by atoms with Crippen molar-refractivity contribution in [1.82, 2.24) is 4.57 Å². The maximum atomic E-state index is 12.3. The fraction of sp³-hybridized carbons (Fsp3) is 0.238. The first-order valence-electron chi connectivity index (χ1n) is 8.50. The van der Waals surface area contributed by atoms with E-state index in [1.54, 1.807) is 4.57 Å². The number of ketones is 1. The van der Waals surface area contributed by atoms with Crippen LogP contribution in [-0.4, -0.2) is 20.0 Å². The number of nitrogens with zero attached hydrogens (tertiary/aromatic N) is 1. The number of ether oxygens (including phenoxy) is 1. The van der Waals surface area contributed by atoms with E-state index in [9.17, 15) is 9.59 Å². The maximum Gasteiger partial charge on any atom is 0.227 e. The van der Waals surface area contributed by atoms with Gasteiger partial charge in [-0.2, -0.15) is 0 Å². The van der Waals surface area contributed by atoms with Crippen LogP contribution in [0.4, 0.5) is 0 Å². The molecule has 27 heavy (non-hydrogen) atoms. The molecule has 3 aromatic rings. The van der Waals surface area contributed by atoms with Crippen LogP contribution < -0.4 is 4.74 Å². The average Bonchev–Trinajstić information content (AvgIpc) is 2.96. The van der Waals surface area contributed by atoms with Crippen LogP contribution in [0.25, 0.3) is 10.9 Å². The largest absolute Gasteiger partial charge is 0.489 e. The van der Waals surface area contributed by atoms with Gasteiger partial charge in [0, 0.05) is 36.6 Å². The highest BCUT2D eigenvalue weighted by molar-refractivity contribution is 9.25. The van der Waals surface area contributed by atoms with Crippen LogP contribution >= 0.6 is 31.9 Å². The second-order valence-corrected chi connectivity index (χ2v) is 9.46. The lowest BCUT2D eigenvalue weighted by molar-refractivity contribution is -0.116. The molecule has 0 saturated carbocycles. The van der Waals surface area contributed by atoms with Crippen molar-refractivity contribution in [2.45, 2.75) is 30.6 Å². The van der Waals surface area contributed by atoms with Gasteiger partial charge in [-0.25, -0.2) is 0 Å². The van der Waals surface area contributed by atoms with Gasteiger partial charge in [-0.05, 0) is 24.1 Å². The lowest BCUT2D eigenvalue weighted by Gasteiger charge is -2.13. The van der Waals surface area contributed by atoms with Crippen LogP contribution in [0.5, 0.6) is 5.75 Å². The topological polar surface area (TPSA) is 48.3 Å². The lowest BCUT2D eigenvalue weighted by Crippen LogP contribution is -2.11. The molecule has 0 spiro atoms. The molecule has 0 bridgehead atoms. The van der Waals surface area contributed by atoms with Gasteiger partial charge in [-0.15, -0.1) is 0 Å². The van der Waals surface area contributed by atoms with E-state index in [0.717, 1.165) is 27.6 Å². The summed E-state index contributed by atoms with van der Waals surface area (Å²) in [6.07, 6.45) is 2.04. The monoisotopic (exact) mass is 491 g/mol. The molecule has 0 aliphatic rings. The van der Waals surface area contributed by atoms with Crippen LogP contribution in [0.15, 0.2) is 48.7 Å². The van der Waals surface area contributed by atoms with Crippen molar-refractivity contribution in [3.63, 3.8) is 0 Å². The van der Waals surface area contributed by atoms with E-state index in [1.165, 1.54) is 6.92 Å². The molecule has 0 unspecified atom stereocenters. The Morgan fingerprint density at radius 3 is 2.48 bits per heavy atom. The Bertz CT molecular complexity index is 994. The third-order valence-electron chi connectivity index (χ3n) is 4.37. The van der Waals surface area contributed by atoms with Crippen molar-refractivity contribution in [1.29, 1.82) is 0 Å². The van der Waals surface area contributed by atoms with E-state index in [4.69, 9.17) is 4.74 Å². The summed E-state index contributed by atoms with van der Waals surface area (Å²) < 4.78 is 7.25. The minimum absolute atomic E-state index is 0.00237. The number of hydrogen-bond donors (Lipinski definition) is 0. The summed E-state index contributed by atoms with van der Waals surface area (Å²) in [5, 5.41) is 0.945. The van der Waals surface area contributed by atoms with E-state index < -0.39 is 3.74 Å². The van der Waals surface area contributed by atoms with Crippen molar-refractivity contribution < 1.29 is 14.3 Å². The Morgan fingerprint density at radius 2 is 1.85 bits per heavy atom. The Kier molecular flexibility index (Phi) is 6.17. The first-order chi connectivity index (χ1) is 12.9. The molecular weight excluding hydrogens is 474 g/mol. The summed E-state index contributed by atoms with van der Waals surface area (Å²) in [5.41, 5.74) is 3.61. The molecule has 1 heterocycles. The molecule has 0 fully saturated rings. The molecule has 4 nitrogen and oxygen atoms in total. The number of aromatic nitrogens is 1. The smallest absolute Gasteiger partial charge is 0.227 e. The molecule has 0 atom stereocenters. The summed E-state index contributed by atoms with van der Waals surface area (Å²) in [6, 6.07) is 13.6. The normalized spacial score (nSPS) is 11.1. The van der Waals surface area contributed by atoms with Crippen LogP contribution in [0.3, 0.4) is 0 Å². The number of carbonyl (C=O) groups excluding carboxylic acids is 2. The molecule has 0 aliphatic carbocycles. The summed E-state index contributed by atoms with van der Waals surface area (Å²) >= 11 is 6.52. The Balaban J connectivity index is 2.04. The SMILES string of the molecule is CC(=O)n1cc(C)c2cc(CC(=O)C(Br)Br)c(OCc3ccccc3)cc21. The van der Waals surface area contributed by atoms with Crippen molar-refractivity contribution in [3.05, 3.63) is 65.4 Å². The summed E-state index contributed by atoms with van der Waals surface area (Å²) in [5.74, 6) is 0.551. The number of hydrogen-bond acceptors (Lipinski definition) is 3. The maximum absolute atomic E-state index is 12.3. The third-order valence-corrected chi connectivity index (χ3v) is 5.39. The minimum Gasteiger partial charge on any atom is -0.489 e. The van der Waals surface area contributed by atoms with Gasteiger partial charge in [-0.3, -0.25) is 14.2 Å². The highest BCUT2D eigenvalue weighted by atomic mass is 79.9. The second-order valence-electron chi connectivity index (χ2n) is 6.40. The number of halogens is 2. The number of aryl methyl sites for hydroxylation is 1. The predicted octanol–water partition coefficient (Wildman–Crippen LogP) is 5.42. The summed E-state index contributed by atoms with van der Waals surface area (Å²) in [7, 11) is 0. The molecule has 140 valence electrons. The highest BCUT2D eigenvalue weighted by Gasteiger charge is 2.18. The second kappa shape index (κ2) is 8.40. The van der Waals surface area contributed by atoms with E-state index >= 15 is 0 Å². The van der Waals surface area contributed by atoms with Crippen molar-refractivity contribution in [2.75, 3.05) is 0 Å². The van der Waals surface area contributed by atoms with E-state index in [1.807, 2.05) is 55.6 Å². The van der Waals surface area contributed by atoms with E-state index in [2.05, 4.69) is 31.9 Å². The highest BCUT2D eigenvalue weighted by Crippen LogP contribution is 2.31. The number of fused-ring (bicyclic) bond motifs is 1. The van der Waals surface area contributed by atoms with Gasteiger partial charge in [0.2, 0.25) is 5.91 Å². The molecule has 1 aromatic heterocycles. The van der Waals surface area contributed by atoms with Gasteiger partial charge in [0.05, 0.1) is 5.52 Å². The first kappa shape index (κ1) is 19.8. The number of Topliss-reactive ketones (excluding diaryl/α,β-unsaturated/α-hetero) is 1. The van der Waals surface area contributed by atoms with E-state index in [0.29, 0.717) is 12.4 Å². The Morgan fingerprint density at radius 1 is 1.15 bits per heavy atom. The van der Waals surface area contributed by atoms with Gasteiger partial charge in [0.1, 0.15) is 16.1 Å². The van der Waals surface area contributed by atoms with Crippen molar-refractivity contribution >= 4 is 54.5 Å². The number of rotatable bonds is 6. The molecule has 0 N–H and O–H groups in total. The zero-order valence-corrected chi connectivity index (χ0v) is 18.2. The average molecular weight is 493 g/mol. The lowest BCUT2D eigenvalue weighted by atomic mass is 10.0. The van der Waals surface area contributed by atoms with Gasteiger partial charge >= 0.3 is 0 Å². The molecule has 3 rings (SSSR count). The van der Waals surface area contributed by atoms with Gasteiger partial charge < -0.3 is 4.74 Å². The van der Waals surface area contributed by atoms with Crippen LogP contribution in [0.1, 0.15) is 28.4 Å². The molecule has 2 aromatic carbocycles. The molecule has 0 amide bonds. The Hall–Kier alpha value is -1.92. The van der Waals surface area contributed by atoms with Crippen molar-refractivity contribution in [2.24, 2.45) is 0 Å². The van der Waals surface area contributed by atoms with Gasteiger partial charge in [0.25, 0.3) is 0 Å². The zero-order chi connectivity index (χ0) is 19.6. The number of carbonyl (C=O) groups is 2. The standard InChI is InChI=1S/C21H19Br2NO3/c1-13-11-24(14(2)25)18-10-20(27-12-15-6-4-3-5-7-15)16(8-17(13)18)9-19(26)21(22)23/h3-8,10-11,21H,9,12H2,1-2H3. The first-order valence-corrected chi connectivity index (χ1v) is 10.3. The summed E-state index contributed by atoms with van der Waals surface area (Å²) in [6.45, 7) is 3.87. The number of benzene rings is 2. The molecule has 0 radical (unpaired) electrons. The van der Waals surface area contributed by atoms with E-state index in [-0.39, 0.29) is 18.1 Å². The molecule has 0 saturated heterocycles. The fourth-order valence-corrected chi connectivity index (χ4v) is 3.32. The summed E-state index contributed by atoms with van der Waals surface area (Å²) in [4.78, 5) is 24.2. The van der Waals surface area contributed by atoms with Crippen LogP contribution in [0.2, 0.25) is 0 Å². The van der Waals surface area contributed by atoms with Crippen LogP contribution in [0, 0.1) is 6.92 Å². The quantitative estimate of drug-likeness (QED) is 0.432. The van der Waals surface area contributed by atoms with Crippen molar-refractivity contribution in [3.8, 4) is 5.75 Å².